The van der Waals surface area contributed by atoms with E-state index in [1.807, 2.05) is 0 Å². The first kappa shape index (κ1) is 16.4. The fourth-order valence-corrected chi connectivity index (χ4v) is 3.90. The number of amides is 2. The summed E-state index contributed by atoms with van der Waals surface area (Å²) in [7, 11) is 0. The van der Waals surface area contributed by atoms with Crippen LogP contribution in [0.15, 0.2) is 21.1 Å². The van der Waals surface area contributed by atoms with Crippen LogP contribution in [0.3, 0.4) is 0 Å². The molecule has 2 fully saturated rings. The van der Waals surface area contributed by atoms with Crippen molar-refractivity contribution in [2.45, 2.75) is 25.7 Å². The van der Waals surface area contributed by atoms with Crippen LogP contribution < -0.4 is 0 Å². The van der Waals surface area contributed by atoms with Crippen molar-refractivity contribution in [3.05, 3.63) is 26.6 Å². The van der Waals surface area contributed by atoms with Gasteiger partial charge in [-0.3, -0.25) is 9.59 Å². The number of rotatable bonds is 2. The van der Waals surface area contributed by atoms with Gasteiger partial charge in [-0.25, -0.2) is 4.79 Å². The minimum absolute atomic E-state index is 0.144. The predicted octanol–water partition coefficient (Wildman–Crippen LogP) is 3.16. The summed E-state index contributed by atoms with van der Waals surface area (Å²) in [6, 6.07) is 3.10. The first-order valence-corrected chi connectivity index (χ1v) is 8.77. The maximum atomic E-state index is 12.3. The minimum atomic E-state index is -0.962. The van der Waals surface area contributed by atoms with E-state index < -0.39 is 29.6 Å². The largest absolute Gasteiger partial charge is 0.506 e. The molecule has 1 aromatic carbocycles. The second kappa shape index (κ2) is 6.24. The topological polar surface area (TPSA) is 83.9 Å². The predicted molar refractivity (Wildman–Crippen MR) is 86.2 cm³/mol. The van der Waals surface area contributed by atoms with E-state index in [0.717, 1.165) is 12.8 Å². The maximum Gasteiger partial charge on any atom is 0.368 e. The molecule has 2 unspecified atom stereocenters. The van der Waals surface area contributed by atoms with E-state index in [4.69, 9.17) is 4.84 Å². The van der Waals surface area contributed by atoms with Crippen molar-refractivity contribution in [3.8, 4) is 5.75 Å². The Balaban J connectivity index is 1.85. The molecule has 0 bridgehead atoms. The van der Waals surface area contributed by atoms with Gasteiger partial charge in [-0.05, 0) is 56.8 Å². The molecule has 1 saturated heterocycles. The highest BCUT2D eigenvalue weighted by molar-refractivity contribution is 9.11. The Morgan fingerprint density at radius 1 is 1.09 bits per heavy atom. The number of carbonyl (C=O) groups excluding carboxylic acids is 3. The van der Waals surface area contributed by atoms with E-state index in [-0.39, 0.29) is 11.3 Å². The van der Waals surface area contributed by atoms with Crippen LogP contribution in [-0.4, -0.2) is 28.0 Å². The molecule has 122 valence electrons. The van der Waals surface area contributed by atoms with E-state index in [1.54, 1.807) is 12.1 Å². The van der Waals surface area contributed by atoms with Crippen LogP contribution in [0.25, 0.3) is 0 Å². The van der Waals surface area contributed by atoms with Crippen LogP contribution in [-0.2, 0) is 14.4 Å². The molecular weight excluding hydrogens is 434 g/mol. The fraction of sp³-hybridized carbons (Fsp3) is 0.400. The van der Waals surface area contributed by atoms with Crippen LogP contribution in [0.1, 0.15) is 36.0 Å². The number of imide groups is 1. The summed E-state index contributed by atoms with van der Waals surface area (Å²) in [4.78, 5) is 41.9. The molecule has 1 N–H and O–H groups in total. The van der Waals surface area contributed by atoms with Crippen LogP contribution in [0.4, 0.5) is 0 Å². The lowest BCUT2D eigenvalue weighted by atomic mass is 9.81. The van der Waals surface area contributed by atoms with Gasteiger partial charge >= 0.3 is 5.97 Å². The first-order chi connectivity index (χ1) is 10.9. The average Bonchev–Trinajstić information content (AvgIpc) is 2.77. The quantitative estimate of drug-likeness (QED) is 0.705. The monoisotopic (exact) mass is 445 g/mol. The second-order valence-electron chi connectivity index (χ2n) is 5.60. The van der Waals surface area contributed by atoms with Gasteiger partial charge in [-0.2, -0.15) is 0 Å². The molecule has 23 heavy (non-hydrogen) atoms. The second-order valence-corrected chi connectivity index (χ2v) is 7.31. The van der Waals surface area contributed by atoms with Gasteiger partial charge in [0.2, 0.25) is 0 Å². The van der Waals surface area contributed by atoms with Crippen molar-refractivity contribution >= 4 is 49.6 Å². The number of hydrogen-bond acceptors (Lipinski definition) is 5. The van der Waals surface area contributed by atoms with Crippen LogP contribution in [0.5, 0.6) is 5.75 Å². The minimum Gasteiger partial charge on any atom is -0.506 e. The van der Waals surface area contributed by atoms with Crippen molar-refractivity contribution in [2.24, 2.45) is 11.8 Å². The number of hydroxylamine groups is 2. The van der Waals surface area contributed by atoms with Gasteiger partial charge in [0.15, 0.2) is 0 Å². The highest BCUT2D eigenvalue weighted by atomic mass is 79.9. The van der Waals surface area contributed by atoms with E-state index in [0.29, 0.717) is 26.9 Å². The van der Waals surface area contributed by atoms with Gasteiger partial charge in [0, 0.05) is 4.47 Å². The molecule has 1 saturated carbocycles. The van der Waals surface area contributed by atoms with Gasteiger partial charge in [-0.15, -0.1) is 5.06 Å². The molecule has 8 heteroatoms. The lowest BCUT2D eigenvalue weighted by Crippen LogP contribution is -2.34. The van der Waals surface area contributed by atoms with E-state index in [1.165, 1.54) is 0 Å². The molecule has 2 atom stereocenters. The molecule has 2 amide bonds. The van der Waals surface area contributed by atoms with Crippen LogP contribution in [0.2, 0.25) is 0 Å². The lowest BCUT2D eigenvalue weighted by molar-refractivity contribution is -0.174. The van der Waals surface area contributed by atoms with Crippen molar-refractivity contribution < 1.29 is 24.3 Å². The summed E-state index contributed by atoms with van der Waals surface area (Å²) in [6.07, 6.45) is 3.05. The van der Waals surface area contributed by atoms with E-state index in [9.17, 15) is 19.5 Å². The Morgan fingerprint density at radius 2 is 1.61 bits per heavy atom. The Kier molecular flexibility index (Phi) is 4.46. The molecule has 0 spiro atoms. The first-order valence-electron chi connectivity index (χ1n) is 7.19. The standard InChI is InChI=1S/C15H13Br2NO5/c16-9-5-6-10(17)12(19)11(9)15(22)23-18-13(20)7-3-1-2-4-8(7)14(18)21/h5-8,19H,1-4H2. The summed E-state index contributed by atoms with van der Waals surface area (Å²) < 4.78 is 0.611. The number of carbonyl (C=O) groups is 3. The Hall–Kier alpha value is -1.41. The number of hydrogen-bond donors (Lipinski definition) is 1. The Labute approximate surface area is 149 Å². The third-order valence-corrected chi connectivity index (χ3v) is 5.56. The summed E-state index contributed by atoms with van der Waals surface area (Å²) in [5, 5.41) is 10.6. The molecule has 1 aromatic rings. The van der Waals surface area contributed by atoms with E-state index >= 15 is 0 Å². The number of halogens is 2. The summed E-state index contributed by atoms with van der Waals surface area (Å²) >= 11 is 6.26. The van der Waals surface area contributed by atoms with Crippen molar-refractivity contribution in [1.82, 2.24) is 5.06 Å². The van der Waals surface area contributed by atoms with Crippen molar-refractivity contribution in [1.29, 1.82) is 0 Å². The SMILES string of the molecule is O=C(ON1C(=O)C2CCCCC2C1=O)c1c(Br)ccc(Br)c1O. The number of nitrogens with zero attached hydrogens (tertiary/aromatic N) is 1. The van der Waals surface area contributed by atoms with Crippen LogP contribution >= 0.6 is 31.9 Å². The van der Waals surface area contributed by atoms with Gasteiger partial charge < -0.3 is 9.94 Å². The lowest BCUT2D eigenvalue weighted by Gasteiger charge is -2.19. The highest BCUT2D eigenvalue weighted by Crippen LogP contribution is 2.39. The third-order valence-electron chi connectivity index (χ3n) is 4.26. The van der Waals surface area contributed by atoms with Crippen molar-refractivity contribution in [2.75, 3.05) is 0 Å². The molecule has 1 aliphatic heterocycles. The summed E-state index contributed by atoms with van der Waals surface area (Å²) in [5.41, 5.74) is -0.144. The highest BCUT2D eigenvalue weighted by Gasteiger charge is 2.50. The van der Waals surface area contributed by atoms with Gasteiger partial charge in [0.25, 0.3) is 11.8 Å². The van der Waals surface area contributed by atoms with Gasteiger partial charge in [0.1, 0.15) is 11.3 Å². The summed E-state index contributed by atoms with van der Waals surface area (Å²) in [6.45, 7) is 0. The molecule has 0 radical (unpaired) electrons. The maximum absolute atomic E-state index is 12.3. The molecule has 0 aromatic heterocycles. The third kappa shape index (κ3) is 2.78. The number of phenols is 1. The zero-order chi connectivity index (χ0) is 16.7. The van der Waals surface area contributed by atoms with Crippen molar-refractivity contribution in [3.63, 3.8) is 0 Å². The number of aromatic hydroxyl groups is 1. The molecule has 1 aliphatic carbocycles. The van der Waals surface area contributed by atoms with Gasteiger partial charge in [0.05, 0.1) is 16.3 Å². The number of fused-ring (bicyclic) bond motifs is 1. The average molecular weight is 447 g/mol. The number of phenolic OH excluding ortho intramolecular Hbond substituents is 1. The number of benzene rings is 1. The molecular formula is C15H13Br2NO5. The smallest absolute Gasteiger partial charge is 0.368 e. The fourth-order valence-electron chi connectivity index (χ4n) is 3.09. The van der Waals surface area contributed by atoms with E-state index in [2.05, 4.69) is 31.9 Å². The molecule has 3 rings (SSSR count). The Morgan fingerprint density at radius 3 is 2.17 bits per heavy atom. The molecule has 6 nitrogen and oxygen atoms in total. The zero-order valence-corrected chi connectivity index (χ0v) is 15.1. The molecule has 1 heterocycles. The van der Waals surface area contributed by atoms with Gasteiger partial charge in [-0.1, -0.05) is 12.8 Å². The zero-order valence-electron chi connectivity index (χ0n) is 11.9. The summed E-state index contributed by atoms with van der Waals surface area (Å²) in [5.74, 6) is -3.03. The molecule has 2 aliphatic rings. The normalized spacial score (nSPS) is 23.8. The Bertz CT molecular complexity index is 681. The van der Waals surface area contributed by atoms with Crippen LogP contribution in [0, 0.1) is 11.8 Å².